The van der Waals surface area contributed by atoms with E-state index in [4.69, 9.17) is 4.52 Å². The number of anilines is 1. The van der Waals surface area contributed by atoms with Crippen molar-refractivity contribution >= 4 is 22.6 Å². The van der Waals surface area contributed by atoms with Gasteiger partial charge in [0.1, 0.15) is 5.52 Å². The van der Waals surface area contributed by atoms with Crippen LogP contribution in [0.4, 0.5) is 5.69 Å². The first-order valence-electron chi connectivity index (χ1n) is 7.32. The summed E-state index contributed by atoms with van der Waals surface area (Å²) in [5, 5.41) is 14.5. The van der Waals surface area contributed by atoms with Crippen molar-refractivity contribution in [2.75, 3.05) is 5.32 Å². The number of fused-ring (bicyclic) bond motifs is 1. The van der Waals surface area contributed by atoms with Gasteiger partial charge >= 0.3 is 0 Å². The van der Waals surface area contributed by atoms with Crippen molar-refractivity contribution in [2.24, 2.45) is 7.05 Å². The molecule has 2 heterocycles. The van der Waals surface area contributed by atoms with Crippen LogP contribution in [-0.2, 0) is 7.05 Å². The number of aromatic nitrogens is 4. The number of carbonyl (C=O) groups excluding carboxylic acids is 1. The molecule has 1 amide bonds. The van der Waals surface area contributed by atoms with Crippen LogP contribution < -0.4 is 5.32 Å². The maximum atomic E-state index is 12.4. The molecular formula is C17H13N5O2. The third kappa shape index (κ3) is 2.52. The van der Waals surface area contributed by atoms with E-state index in [0.29, 0.717) is 22.5 Å². The number of carbonyl (C=O) groups is 1. The first-order valence-corrected chi connectivity index (χ1v) is 7.32. The average molecular weight is 319 g/mol. The van der Waals surface area contributed by atoms with Gasteiger partial charge in [-0.15, -0.1) is 5.10 Å². The van der Waals surface area contributed by atoms with Crippen LogP contribution in [0.5, 0.6) is 0 Å². The predicted octanol–water partition coefficient (Wildman–Crippen LogP) is 2.88. The lowest BCUT2D eigenvalue weighted by atomic mass is 10.1. The normalized spacial score (nSPS) is 10.9. The smallest absolute Gasteiger partial charge is 0.255 e. The van der Waals surface area contributed by atoms with E-state index < -0.39 is 0 Å². The largest absolute Gasteiger partial charge is 0.356 e. The summed E-state index contributed by atoms with van der Waals surface area (Å²) in [6.45, 7) is 0. The molecule has 0 bridgehead atoms. The topological polar surface area (TPSA) is 85.8 Å². The van der Waals surface area contributed by atoms with Crippen LogP contribution >= 0.6 is 0 Å². The second-order valence-electron chi connectivity index (χ2n) is 5.32. The third-order valence-electron chi connectivity index (χ3n) is 3.74. The van der Waals surface area contributed by atoms with Gasteiger partial charge < -0.3 is 9.84 Å². The van der Waals surface area contributed by atoms with E-state index in [9.17, 15) is 4.79 Å². The van der Waals surface area contributed by atoms with Crippen LogP contribution in [0.2, 0.25) is 0 Å². The van der Waals surface area contributed by atoms with Crippen molar-refractivity contribution in [3.8, 4) is 11.3 Å². The SMILES string of the molecule is Cn1nnc2cc(C(=O)Nc3ccc(-c4ccno4)cc3)ccc21. The molecule has 0 aliphatic heterocycles. The number of hydrogen-bond donors (Lipinski definition) is 1. The monoisotopic (exact) mass is 319 g/mol. The summed E-state index contributed by atoms with van der Waals surface area (Å²) >= 11 is 0. The minimum Gasteiger partial charge on any atom is -0.356 e. The minimum absolute atomic E-state index is 0.199. The number of nitrogens with zero attached hydrogens (tertiary/aromatic N) is 4. The van der Waals surface area contributed by atoms with Crippen LogP contribution in [-0.4, -0.2) is 26.1 Å². The van der Waals surface area contributed by atoms with Gasteiger partial charge in [-0.3, -0.25) is 4.79 Å². The molecular weight excluding hydrogens is 306 g/mol. The zero-order valence-electron chi connectivity index (χ0n) is 12.8. The highest BCUT2D eigenvalue weighted by Crippen LogP contribution is 2.21. The van der Waals surface area contributed by atoms with Crippen molar-refractivity contribution in [3.05, 3.63) is 60.3 Å². The van der Waals surface area contributed by atoms with Gasteiger partial charge in [0.2, 0.25) is 0 Å². The summed E-state index contributed by atoms with van der Waals surface area (Å²) in [5.41, 5.74) is 3.69. The van der Waals surface area contributed by atoms with Gasteiger partial charge in [-0.25, -0.2) is 4.68 Å². The lowest BCUT2D eigenvalue weighted by molar-refractivity contribution is 0.102. The van der Waals surface area contributed by atoms with Crippen LogP contribution in [0.25, 0.3) is 22.4 Å². The molecule has 0 unspecified atom stereocenters. The number of aryl methyl sites for hydroxylation is 1. The maximum Gasteiger partial charge on any atom is 0.255 e. The zero-order chi connectivity index (χ0) is 16.5. The fourth-order valence-electron chi connectivity index (χ4n) is 2.47. The van der Waals surface area contributed by atoms with E-state index >= 15 is 0 Å². The van der Waals surface area contributed by atoms with Gasteiger partial charge in [0.25, 0.3) is 5.91 Å². The van der Waals surface area contributed by atoms with E-state index in [0.717, 1.165) is 11.1 Å². The summed E-state index contributed by atoms with van der Waals surface area (Å²) in [6.07, 6.45) is 1.59. The Morgan fingerprint density at radius 1 is 1.12 bits per heavy atom. The standard InChI is InChI=1S/C17H13N5O2/c1-22-15-7-4-12(10-14(15)20-21-22)17(23)19-13-5-2-11(3-6-13)16-8-9-18-24-16/h2-10H,1H3,(H,19,23). The van der Waals surface area contributed by atoms with Gasteiger partial charge in [0, 0.05) is 29.9 Å². The Morgan fingerprint density at radius 2 is 1.96 bits per heavy atom. The molecule has 4 aromatic rings. The number of amides is 1. The molecule has 1 N–H and O–H groups in total. The molecule has 0 radical (unpaired) electrons. The second-order valence-corrected chi connectivity index (χ2v) is 5.32. The number of hydrogen-bond acceptors (Lipinski definition) is 5. The van der Waals surface area contributed by atoms with Gasteiger partial charge in [-0.1, -0.05) is 10.4 Å². The fourth-order valence-corrected chi connectivity index (χ4v) is 2.47. The predicted molar refractivity (Wildman–Crippen MR) is 88.4 cm³/mol. The Morgan fingerprint density at radius 3 is 2.71 bits per heavy atom. The first-order chi connectivity index (χ1) is 11.7. The molecule has 0 spiro atoms. The first kappa shape index (κ1) is 14.1. The molecule has 0 atom stereocenters. The van der Waals surface area contributed by atoms with Gasteiger partial charge in [0.15, 0.2) is 5.76 Å². The van der Waals surface area contributed by atoms with Crippen molar-refractivity contribution < 1.29 is 9.32 Å². The minimum atomic E-state index is -0.199. The summed E-state index contributed by atoms with van der Waals surface area (Å²) in [7, 11) is 1.81. The Kier molecular flexibility index (Phi) is 3.31. The van der Waals surface area contributed by atoms with Gasteiger partial charge in [0.05, 0.1) is 11.7 Å². The highest BCUT2D eigenvalue weighted by atomic mass is 16.5. The molecule has 0 fully saturated rings. The highest BCUT2D eigenvalue weighted by Gasteiger charge is 2.10. The zero-order valence-corrected chi connectivity index (χ0v) is 12.8. The number of benzene rings is 2. The average Bonchev–Trinajstić information content (AvgIpc) is 3.26. The molecule has 2 aromatic carbocycles. The van der Waals surface area contributed by atoms with E-state index in [2.05, 4.69) is 20.8 Å². The second kappa shape index (κ2) is 5.62. The molecule has 4 rings (SSSR count). The lowest BCUT2D eigenvalue weighted by Gasteiger charge is -2.06. The molecule has 0 aliphatic rings. The Bertz CT molecular complexity index is 1000. The van der Waals surface area contributed by atoms with Crippen LogP contribution in [0.15, 0.2) is 59.3 Å². The van der Waals surface area contributed by atoms with E-state index in [1.54, 1.807) is 29.1 Å². The Hall–Kier alpha value is -3.48. The maximum absolute atomic E-state index is 12.4. The summed E-state index contributed by atoms with van der Waals surface area (Å²) in [5.74, 6) is 0.482. The van der Waals surface area contributed by atoms with E-state index in [1.807, 2.05) is 37.4 Å². The van der Waals surface area contributed by atoms with Crippen molar-refractivity contribution in [2.45, 2.75) is 0 Å². The van der Waals surface area contributed by atoms with Crippen molar-refractivity contribution in [1.82, 2.24) is 20.2 Å². The molecule has 7 nitrogen and oxygen atoms in total. The third-order valence-corrected chi connectivity index (χ3v) is 3.74. The van der Waals surface area contributed by atoms with E-state index in [1.165, 1.54) is 0 Å². The fraction of sp³-hybridized carbons (Fsp3) is 0.0588. The van der Waals surface area contributed by atoms with E-state index in [-0.39, 0.29) is 5.91 Å². The Balaban J connectivity index is 1.54. The molecule has 0 saturated heterocycles. The van der Waals surface area contributed by atoms with Crippen LogP contribution in [0, 0.1) is 0 Å². The van der Waals surface area contributed by atoms with Crippen LogP contribution in [0.3, 0.4) is 0 Å². The van der Waals surface area contributed by atoms with Crippen molar-refractivity contribution in [3.63, 3.8) is 0 Å². The summed E-state index contributed by atoms with van der Waals surface area (Å²) in [4.78, 5) is 12.4. The van der Waals surface area contributed by atoms with Crippen LogP contribution in [0.1, 0.15) is 10.4 Å². The molecule has 118 valence electrons. The molecule has 7 heteroatoms. The molecule has 2 aromatic heterocycles. The van der Waals surface area contributed by atoms with Gasteiger partial charge in [-0.05, 0) is 42.5 Å². The quantitative estimate of drug-likeness (QED) is 0.627. The highest BCUT2D eigenvalue weighted by molar-refractivity contribution is 6.05. The summed E-state index contributed by atoms with van der Waals surface area (Å²) in [6, 6.07) is 14.4. The molecule has 24 heavy (non-hydrogen) atoms. The number of rotatable bonds is 3. The van der Waals surface area contributed by atoms with Gasteiger partial charge in [-0.2, -0.15) is 0 Å². The lowest BCUT2D eigenvalue weighted by Crippen LogP contribution is -2.11. The van der Waals surface area contributed by atoms with Crippen molar-refractivity contribution in [1.29, 1.82) is 0 Å². The molecule has 0 aliphatic carbocycles. The number of nitrogens with one attached hydrogen (secondary N) is 1. The Labute approximate surface area is 136 Å². The molecule has 0 saturated carbocycles. The summed E-state index contributed by atoms with van der Waals surface area (Å²) < 4.78 is 6.77.